The first-order valence-corrected chi connectivity index (χ1v) is 5.38. The monoisotopic (exact) mass is 235 g/mol. The van der Waals surface area contributed by atoms with Crippen LogP contribution in [-0.2, 0) is 4.79 Å². The molecule has 0 aliphatic rings. The molecule has 0 radical (unpaired) electrons. The number of nitrogens with zero attached hydrogens (tertiary/aromatic N) is 1. The molecule has 0 saturated heterocycles. The number of aliphatic carboxylic acids is 1. The summed E-state index contributed by atoms with van der Waals surface area (Å²) in [7, 11) is 0. The summed E-state index contributed by atoms with van der Waals surface area (Å²) < 4.78 is 0. The second-order valence-corrected chi connectivity index (χ2v) is 3.76. The molecule has 0 amide bonds. The van der Waals surface area contributed by atoms with E-state index in [1.165, 1.54) is 11.8 Å². The Labute approximate surface area is 101 Å². The fraction of sp³-hybridized carbons (Fsp3) is 0.308. The van der Waals surface area contributed by atoms with Crippen molar-refractivity contribution in [2.75, 3.05) is 6.73 Å². The van der Waals surface area contributed by atoms with Crippen molar-refractivity contribution in [1.29, 1.82) is 0 Å². The minimum absolute atomic E-state index is 0.313. The van der Waals surface area contributed by atoms with Gasteiger partial charge in [0.1, 0.15) is 6.04 Å². The largest absolute Gasteiger partial charge is 0.480 e. The fourth-order valence-electron chi connectivity index (χ4n) is 1.71. The van der Waals surface area contributed by atoms with Gasteiger partial charge in [0.2, 0.25) is 0 Å². The normalized spacial score (nSPS) is 14.3. The van der Waals surface area contributed by atoms with Crippen LogP contribution >= 0.6 is 0 Å². The zero-order valence-corrected chi connectivity index (χ0v) is 9.78. The minimum atomic E-state index is -0.971. The van der Waals surface area contributed by atoms with Gasteiger partial charge < -0.3 is 10.2 Å². The first-order chi connectivity index (χ1) is 8.11. The Kier molecular flexibility index (Phi) is 4.87. The van der Waals surface area contributed by atoms with Crippen LogP contribution in [0.5, 0.6) is 0 Å². The Morgan fingerprint density at radius 1 is 1.47 bits per heavy atom. The molecule has 1 unspecified atom stereocenters. The molecule has 1 rings (SSSR count). The van der Waals surface area contributed by atoms with Crippen molar-refractivity contribution in [1.82, 2.24) is 4.90 Å². The third-order valence-corrected chi connectivity index (χ3v) is 2.74. The molecule has 0 heterocycles. The molecule has 0 spiro atoms. The Morgan fingerprint density at radius 2 is 2.06 bits per heavy atom. The number of aliphatic hydroxyl groups is 1. The van der Waals surface area contributed by atoms with E-state index in [4.69, 9.17) is 5.11 Å². The Morgan fingerprint density at radius 3 is 2.47 bits per heavy atom. The van der Waals surface area contributed by atoms with Gasteiger partial charge in [-0.3, -0.25) is 9.69 Å². The van der Waals surface area contributed by atoms with Gasteiger partial charge in [0.15, 0.2) is 0 Å². The summed E-state index contributed by atoms with van der Waals surface area (Å²) in [5.41, 5.74) is 0.907. The average molecular weight is 235 g/mol. The fourth-order valence-corrected chi connectivity index (χ4v) is 1.71. The summed E-state index contributed by atoms with van der Waals surface area (Å²) in [5, 5.41) is 18.3. The van der Waals surface area contributed by atoms with Gasteiger partial charge >= 0.3 is 5.97 Å². The van der Waals surface area contributed by atoms with Crippen molar-refractivity contribution in [2.24, 2.45) is 0 Å². The van der Waals surface area contributed by atoms with E-state index >= 15 is 0 Å². The first kappa shape index (κ1) is 13.4. The predicted octanol–water partition coefficient (Wildman–Crippen LogP) is 1.64. The van der Waals surface area contributed by atoms with Gasteiger partial charge in [-0.1, -0.05) is 36.4 Å². The smallest absolute Gasteiger partial charge is 0.320 e. The van der Waals surface area contributed by atoms with Gasteiger partial charge in [0.05, 0.1) is 12.8 Å². The lowest BCUT2D eigenvalue weighted by Gasteiger charge is -2.30. The van der Waals surface area contributed by atoms with E-state index in [0.717, 1.165) is 5.56 Å². The van der Waals surface area contributed by atoms with Crippen molar-refractivity contribution in [3.63, 3.8) is 0 Å². The molecule has 0 aliphatic carbocycles. The maximum atomic E-state index is 11.0. The summed E-state index contributed by atoms with van der Waals surface area (Å²) >= 11 is 0. The van der Waals surface area contributed by atoms with E-state index in [1.807, 2.05) is 30.3 Å². The molecule has 17 heavy (non-hydrogen) atoms. The Bertz CT molecular complexity index is 378. The molecule has 1 aromatic rings. The Hall–Kier alpha value is -1.65. The number of benzene rings is 1. The molecule has 0 aliphatic heterocycles. The van der Waals surface area contributed by atoms with Gasteiger partial charge in [0.25, 0.3) is 0 Å². The van der Waals surface area contributed by atoms with E-state index in [2.05, 4.69) is 6.58 Å². The van der Waals surface area contributed by atoms with Crippen molar-refractivity contribution < 1.29 is 15.0 Å². The van der Waals surface area contributed by atoms with Crippen molar-refractivity contribution >= 4 is 5.97 Å². The van der Waals surface area contributed by atoms with Crippen molar-refractivity contribution in [3.05, 3.63) is 48.6 Å². The number of rotatable bonds is 6. The standard InChI is InChI=1S/C13H17NO3/c1-3-12(11-7-5-4-6-8-11)14(9-15)10(2)13(16)17/h3-8,10,12,15H,1,9H2,2H3,(H,16,17)/t10-,12?/m0/s1. The maximum Gasteiger partial charge on any atom is 0.320 e. The molecule has 0 fully saturated rings. The molecular formula is C13H17NO3. The average Bonchev–Trinajstić information content (AvgIpc) is 2.35. The zero-order valence-electron chi connectivity index (χ0n) is 9.78. The lowest BCUT2D eigenvalue weighted by atomic mass is 10.0. The van der Waals surface area contributed by atoms with Gasteiger partial charge in [0, 0.05) is 0 Å². The summed E-state index contributed by atoms with van der Waals surface area (Å²) in [6.07, 6.45) is 1.63. The highest BCUT2D eigenvalue weighted by molar-refractivity contribution is 5.73. The van der Waals surface area contributed by atoms with Gasteiger partial charge in [-0.25, -0.2) is 0 Å². The topological polar surface area (TPSA) is 60.8 Å². The molecule has 4 heteroatoms. The van der Waals surface area contributed by atoms with Crippen LogP contribution in [0.25, 0.3) is 0 Å². The zero-order chi connectivity index (χ0) is 12.8. The summed E-state index contributed by atoms with van der Waals surface area (Å²) in [6.45, 7) is 4.91. The lowest BCUT2D eigenvalue weighted by Crippen LogP contribution is -2.41. The first-order valence-electron chi connectivity index (χ1n) is 5.38. The van der Waals surface area contributed by atoms with Crippen LogP contribution in [0, 0.1) is 0 Å². The van der Waals surface area contributed by atoms with E-state index in [-0.39, 0.29) is 12.8 Å². The molecule has 0 bridgehead atoms. The van der Waals surface area contributed by atoms with E-state index in [9.17, 15) is 9.90 Å². The SMILES string of the molecule is C=CC(c1ccccc1)N(CO)[C@@H](C)C(=O)O. The number of aliphatic hydroxyl groups excluding tert-OH is 1. The van der Waals surface area contributed by atoms with Crippen LogP contribution < -0.4 is 0 Å². The highest BCUT2D eigenvalue weighted by Crippen LogP contribution is 2.23. The molecule has 4 nitrogen and oxygen atoms in total. The molecule has 0 aromatic heterocycles. The van der Waals surface area contributed by atoms with Crippen LogP contribution in [0.15, 0.2) is 43.0 Å². The second kappa shape index (κ2) is 6.18. The summed E-state index contributed by atoms with van der Waals surface area (Å²) in [5.74, 6) is -0.971. The van der Waals surface area contributed by atoms with Gasteiger partial charge in [-0.2, -0.15) is 0 Å². The minimum Gasteiger partial charge on any atom is -0.480 e. The molecule has 1 aromatic carbocycles. The van der Waals surface area contributed by atoms with Crippen LogP contribution in [0.1, 0.15) is 18.5 Å². The molecule has 2 atom stereocenters. The predicted molar refractivity (Wildman–Crippen MR) is 65.4 cm³/mol. The van der Waals surface area contributed by atoms with Crippen LogP contribution in [0.3, 0.4) is 0 Å². The van der Waals surface area contributed by atoms with Gasteiger partial charge in [-0.05, 0) is 12.5 Å². The summed E-state index contributed by atoms with van der Waals surface area (Å²) in [6, 6.07) is 8.29. The molecule has 0 saturated carbocycles. The Balaban J connectivity index is 2.99. The van der Waals surface area contributed by atoms with Crippen LogP contribution in [-0.4, -0.2) is 33.9 Å². The number of hydrogen-bond acceptors (Lipinski definition) is 3. The quantitative estimate of drug-likeness (QED) is 0.581. The van der Waals surface area contributed by atoms with E-state index < -0.39 is 12.0 Å². The number of hydrogen-bond donors (Lipinski definition) is 2. The number of carboxylic acids is 1. The van der Waals surface area contributed by atoms with Crippen LogP contribution in [0.2, 0.25) is 0 Å². The maximum absolute atomic E-state index is 11.0. The second-order valence-electron chi connectivity index (χ2n) is 3.76. The third kappa shape index (κ3) is 3.15. The molecular weight excluding hydrogens is 218 g/mol. The number of carboxylic acid groups (broad SMARTS) is 1. The molecule has 2 N–H and O–H groups in total. The molecule has 92 valence electrons. The lowest BCUT2D eigenvalue weighted by molar-refractivity contribution is -0.145. The highest BCUT2D eigenvalue weighted by atomic mass is 16.4. The van der Waals surface area contributed by atoms with E-state index in [0.29, 0.717) is 0 Å². The van der Waals surface area contributed by atoms with Crippen molar-refractivity contribution in [2.45, 2.75) is 19.0 Å². The third-order valence-electron chi connectivity index (χ3n) is 2.74. The van der Waals surface area contributed by atoms with Crippen LogP contribution in [0.4, 0.5) is 0 Å². The van der Waals surface area contributed by atoms with Crippen molar-refractivity contribution in [3.8, 4) is 0 Å². The van der Waals surface area contributed by atoms with Gasteiger partial charge in [-0.15, -0.1) is 6.58 Å². The highest BCUT2D eigenvalue weighted by Gasteiger charge is 2.26. The van der Waals surface area contributed by atoms with E-state index in [1.54, 1.807) is 6.08 Å². The number of carbonyl (C=O) groups is 1. The summed E-state index contributed by atoms with van der Waals surface area (Å²) in [4.78, 5) is 12.4.